The molecule has 0 aliphatic rings. The number of carbonyl (C=O) groups is 3. The van der Waals surface area contributed by atoms with Gasteiger partial charge in [0.1, 0.15) is 6.33 Å². The summed E-state index contributed by atoms with van der Waals surface area (Å²) in [4.78, 5) is 36.7. The van der Waals surface area contributed by atoms with Crippen LogP contribution in [0.4, 0.5) is 21.0 Å². The van der Waals surface area contributed by atoms with Crippen molar-refractivity contribution >= 4 is 58.7 Å². The summed E-state index contributed by atoms with van der Waals surface area (Å²) in [6.45, 7) is 0. The number of hydrogen-bond donors (Lipinski definition) is 4. The summed E-state index contributed by atoms with van der Waals surface area (Å²) < 4.78 is 6.11. The van der Waals surface area contributed by atoms with Gasteiger partial charge in [0.15, 0.2) is 5.15 Å². The number of halogens is 2. The molecular weight excluding hydrogens is 659 g/mol. The first-order chi connectivity index (χ1) is 23.2. The van der Waals surface area contributed by atoms with Crippen LogP contribution >= 0.6 is 23.2 Å². The molecule has 16 heteroatoms. The predicted octanol–water partition coefficient (Wildman–Crippen LogP) is 5.47. The zero-order valence-corrected chi connectivity index (χ0v) is 27.0. The fourth-order valence-electron chi connectivity index (χ4n) is 4.57. The van der Waals surface area contributed by atoms with Crippen molar-refractivity contribution in [3.8, 4) is 16.8 Å². The van der Waals surface area contributed by atoms with E-state index in [0.29, 0.717) is 50.9 Å². The fourth-order valence-corrected chi connectivity index (χ4v) is 4.96. The van der Waals surface area contributed by atoms with Crippen LogP contribution in [0.15, 0.2) is 85.2 Å². The van der Waals surface area contributed by atoms with Crippen LogP contribution in [0.25, 0.3) is 22.9 Å². The third kappa shape index (κ3) is 8.69. The lowest BCUT2D eigenvalue weighted by Crippen LogP contribution is -2.29. The maximum atomic E-state index is 13.4. The summed E-state index contributed by atoms with van der Waals surface area (Å²) in [5.74, 6) is -0.419. The molecule has 14 nitrogen and oxygen atoms in total. The van der Waals surface area contributed by atoms with Gasteiger partial charge in [-0.1, -0.05) is 47.5 Å². The largest absolute Gasteiger partial charge is 0.453 e. The average Bonchev–Trinajstić information content (AvgIpc) is 3.63. The highest BCUT2D eigenvalue weighted by molar-refractivity contribution is 6.32. The summed E-state index contributed by atoms with van der Waals surface area (Å²) in [6, 6.07) is 20.0. The molecule has 0 unspecified atom stereocenters. The Labute approximate surface area is 284 Å². The second kappa shape index (κ2) is 15.6. The number of benzene rings is 3. The monoisotopic (exact) mass is 686 g/mol. The minimum absolute atomic E-state index is 0.151. The SMILES string of the molecule is CNC(=O)Nc1ccc(C[C@H](NC(=O)/C=C/c2cc(Cl)ccc2-n2cnnn2)c2cc(-c3ccc(NC(=O)OC)cc3)c(Cl)nn2)cc1. The van der Waals surface area contributed by atoms with E-state index in [4.69, 9.17) is 23.2 Å². The van der Waals surface area contributed by atoms with Gasteiger partial charge in [-0.05, 0) is 82.6 Å². The smallest absolute Gasteiger partial charge is 0.411 e. The van der Waals surface area contributed by atoms with E-state index in [1.54, 1.807) is 66.7 Å². The Balaban J connectivity index is 1.43. The van der Waals surface area contributed by atoms with Crippen LogP contribution in [0.1, 0.15) is 22.9 Å². The number of nitrogens with one attached hydrogen (secondary N) is 4. The standard InChI is InChI=1S/C32H28Cl2N10O4/c1-35-31(46)37-23-9-3-19(4-10-23)15-26(39-29(45)14-7-21-16-22(33)8-13-28(21)44-18-36-42-43-44)27-17-25(30(34)41-40-27)20-5-11-24(12-6-20)38-32(47)48-2/h3-14,16-18,26H,15H2,1-2H3,(H,38,47)(H,39,45)(H2,35,37,46)/b14-7+/t26-/m0/s1. The molecule has 0 aliphatic heterocycles. The van der Waals surface area contributed by atoms with Gasteiger partial charge in [-0.25, -0.2) is 9.59 Å². The van der Waals surface area contributed by atoms with Gasteiger partial charge in [0, 0.05) is 40.6 Å². The number of tetrazole rings is 1. The normalized spacial score (nSPS) is 11.5. The Morgan fingerprint density at radius 3 is 2.35 bits per heavy atom. The number of methoxy groups -OCH3 is 1. The van der Waals surface area contributed by atoms with Crippen LogP contribution in [0, 0.1) is 0 Å². The van der Waals surface area contributed by atoms with E-state index >= 15 is 0 Å². The minimum Gasteiger partial charge on any atom is -0.453 e. The lowest BCUT2D eigenvalue weighted by Gasteiger charge is -2.19. The van der Waals surface area contributed by atoms with Crippen molar-refractivity contribution in [1.29, 1.82) is 0 Å². The summed E-state index contributed by atoms with van der Waals surface area (Å²) in [7, 11) is 2.80. The molecule has 48 heavy (non-hydrogen) atoms. The molecule has 5 rings (SSSR count). The summed E-state index contributed by atoms with van der Waals surface area (Å²) >= 11 is 12.7. The van der Waals surface area contributed by atoms with Crippen molar-refractivity contribution in [3.05, 3.63) is 112 Å². The number of aromatic nitrogens is 6. The number of carbonyl (C=O) groups excluding carboxylic acids is 3. The molecule has 2 heterocycles. The third-order valence-corrected chi connectivity index (χ3v) is 7.46. The van der Waals surface area contributed by atoms with Gasteiger partial charge in [-0.2, -0.15) is 9.78 Å². The highest BCUT2D eigenvalue weighted by atomic mass is 35.5. The van der Waals surface area contributed by atoms with Gasteiger partial charge >= 0.3 is 12.1 Å². The van der Waals surface area contributed by atoms with Gasteiger partial charge in [0.2, 0.25) is 5.91 Å². The van der Waals surface area contributed by atoms with E-state index in [9.17, 15) is 14.4 Å². The number of nitrogens with zero attached hydrogens (tertiary/aromatic N) is 6. The van der Waals surface area contributed by atoms with E-state index < -0.39 is 18.0 Å². The van der Waals surface area contributed by atoms with Crippen LogP contribution < -0.4 is 21.3 Å². The molecular formula is C32H28Cl2N10O4. The van der Waals surface area contributed by atoms with Crippen molar-refractivity contribution in [2.45, 2.75) is 12.5 Å². The van der Waals surface area contributed by atoms with Crippen LogP contribution in [0.3, 0.4) is 0 Å². The number of hydrogen-bond acceptors (Lipinski definition) is 9. The summed E-state index contributed by atoms with van der Waals surface area (Å²) in [5, 5.41) is 31.2. The Morgan fingerprint density at radius 1 is 0.938 bits per heavy atom. The van der Waals surface area contributed by atoms with Gasteiger partial charge in [-0.3, -0.25) is 10.1 Å². The van der Waals surface area contributed by atoms with Gasteiger partial charge in [-0.15, -0.1) is 10.2 Å². The Hall–Kier alpha value is -5.86. The average molecular weight is 688 g/mol. The number of urea groups is 1. The van der Waals surface area contributed by atoms with E-state index in [1.807, 2.05) is 12.1 Å². The minimum atomic E-state index is -0.651. The molecule has 244 valence electrons. The molecule has 0 saturated heterocycles. The van der Waals surface area contributed by atoms with E-state index in [1.165, 1.54) is 31.2 Å². The van der Waals surface area contributed by atoms with Crippen LogP contribution in [0.5, 0.6) is 0 Å². The van der Waals surface area contributed by atoms with Crippen molar-refractivity contribution in [2.75, 3.05) is 24.8 Å². The quantitative estimate of drug-likeness (QED) is 0.139. The first-order valence-corrected chi connectivity index (χ1v) is 15.1. The zero-order valence-electron chi connectivity index (χ0n) is 25.5. The van der Waals surface area contributed by atoms with Gasteiger partial charge in [0.25, 0.3) is 0 Å². The molecule has 0 radical (unpaired) electrons. The highest BCUT2D eigenvalue weighted by Crippen LogP contribution is 2.30. The van der Waals surface area contributed by atoms with Crippen LogP contribution in [0.2, 0.25) is 10.2 Å². The molecule has 0 bridgehead atoms. The van der Waals surface area contributed by atoms with Crippen molar-refractivity contribution in [1.82, 2.24) is 41.0 Å². The second-order valence-corrected chi connectivity index (χ2v) is 10.9. The van der Waals surface area contributed by atoms with E-state index in [2.05, 4.69) is 51.7 Å². The van der Waals surface area contributed by atoms with E-state index in [0.717, 1.165) is 5.56 Å². The Kier molecular flexibility index (Phi) is 10.9. The van der Waals surface area contributed by atoms with Crippen molar-refractivity contribution < 1.29 is 19.1 Å². The fraction of sp³-hybridized carbons (Fsp3) is 0.125. The molecule has 0 spiro atoms. The Bertz CT molecular complexity index is 1940. The van der Waals surface area contributed by atoms with Gasteiger partial charge in [0.05, 0.1) is 24.5 Å². The first kappa shape index (κ1) is 33.5. The molecule has 1 atom stereocenters. The second-order valence-electron chi connectivity index (χ2n) is 10.1. The summed E-state index contributed by atoms with van der Waals surface area (Å²) in [6.07, 6.45) is 4.15. The molecule has 3 aromatic carbocycles. The topological polar surface area (TPSA) is 178 Å². The number of anilines is 2. The molecule has 4 N–H and O–H groups in total. The number of amides is 4. The lowest BCUT2D eigenvalue weighted by molar-refractivity contribution is -0.117. The Morgan fingerprint density at radius 2 is 1.67 bits per heavy atom. The molecule has 0 saturated carbocycles. The zero-order chi connectivity index (χ0) is 34.0. The predicted molar refractivity (Wildman–Crippen MR) is 181 cm³/mol. The third-order valence-electron chi connectivity index (χ3n) is 6.95. The lowest BCUT2D eigenvalue weighted by atomic mass is 10.00. The van der Waals surface area contributed by atoms with Crippen molar-refractivity contribution in [3.63, 3.8) is 0 Å². The number of rotatable bonds is 10. The van der Waals surface area contributed by atoms with Crippen LogP contribution in [-0.4, -0.2) is 62.6 Å². The maximum Gasteiger partial charge on any atom is 0.411 e. The summed E-state index contributed by atoms with van der Waals surface area (Å²) in [5.41, 5.74) is 4.92. The maximum absolute atomic E-state index is 13.4. The molecule has 0 aliphatic carbocycles. The van der Waals surface area contributed by atoms with Crippen LogP contribution in [-0.2, 0) is 16.0 Å². The highest BCUT2D eigenvalue weighted by Gasteiger charge is 2.20. The molecule has 2 aromatic heterocycles. The molecule has 4 amide bonds. The molecule has 5 aromatic rings. The number of ether oxygens (including phenoxy) is 1. The van der Waals surface area contributed by atoms with Gasteiger partial charge < -0.3 is 20.7 Å². The van der Waals surface area contributed by atoms with E-state index in [-0.39, 0.29) is 11.2 Å². The molecule has 0 fully saturated rings. The van der Waals surface area contributed by atoms with Crippen molar-refractivity contribution in [2.24, 2.45) is 0 Å². The first-order valence-electron chi connectivity index (χ1n) is 14.3.